The minimum Gasteiger partial charge on any atom is -1.00 e. The summed E-state index contributed by atoms with van der Waals surface area (Å²) in [5.41, 5.74) is 0. The van der Waals surface area contributed by atoms with Gasteiger partial charge in [-0.05, 0) is 6.42 Å². The molecule has 1 unspecified atom stereocenters. The Morgan fingerprint density at radius 3 is 0.775 bits per heavy atom. The van der Waals surface area contributed by atoms with Crippen LogP contribution in [0, 0.1) is 0 Å². The van der Waals surface area contributed by atoms with Gasteiger partial charge < -0.3 is 1.43 Å². The van der Waals surface area contributed by atoms with Crippen molar-refractivity contribution in [2.75, 3.05) is 0 Å². The first kappa shape index (κ1) is 72.8. The van der Waals surface area contributed by atoms with Gasteiger partial charge >= 0.3 is 151 Å². The summed E-state index contributed by atoms with van der Waals surface area (Å²) in [6.45, 7) is 1.98. The minimum atomic E-state index is -8.07. The van der Waals surface area contributed by atoms with E-state index >= 15 is 0 Å². The summed E-state index contributed by atoms with van der Waals surface area (Å²) in [7, 11) is -78.2. The SMILES string of the molecule is CCCCCCCCCCCCCCCC(OS(=O)(=O)O)C(OS(=O)(=O)O)(OS(=O)(=O)O)C(OS(=O)(=O)O)(OS(=O)(=O)O)C(OS(=O)(=O)O)(OS(=O)(=O)O)C(OS(=O)(=O)O)(OS(=O)(=O)O)OS(=O)(=O)O.[H-].[Na+]. The van der Waals surface area contributed by atoms with Crippen LogP contribution in [0.1, 0.15) is 98.2 Å². The monoisotopic (exact) mass is 1270 g/mol. The van der Waals surface area contributed by atoms with Crippen LogP contribution < -0.4 is 29.6 Å². The third-order valence-electron chi connectivity index (χ3n) is 7.52. The van der Waals surface area contributed by atoms with E-state index in [1.54, 1.807) is 0 Å². The van der Waals surface area contributed by atoms with Crippen LogP contribution in [0.4, 0.5) is 0 Å². The van der Waals surface area contributed by atoms with Crippen molar-refractivity contribution in [3.05, 3.63) is 0 Å². The van der Waals surface area contributed by atoms with E-state index in [1.807, 2.05) is 6.92 Å². The first-order valence-corrected chi connectivity index (χ1v) is 31.2. The van der Waals surface area contributed by atoms with E-state index in [9.17, 15) is 130 Å². The summed E-state index contributed by atoms with van der Waals surface area (Å²) < 4.78 is 382. The van der Waals surface area contributed by atoms with Crippen LogP contribution in [-0.4, -0.2) is 159 Å². The molecule has 0 aromatic rings. The summed E-state index contributed by atoms with van der Waals surface area (Å²) in [5, 5.41) is 0. The second-order valence-corrected chi connectivity index (χ2v) is 23.3. The van der Waals surface area contributed by atoms with Crippen molar-refractivity contribution in [2.24, 2.45) is 0 Å². The third-order valence-corrected chi connectivity index (χ3v) is 12.0. The van der Waals surface area contributed by atoms with Gasteiger partial charge in [-0.15, -0.1) is 0 Å². The first-order chi connectivity index (χ1) is 30.8. The first-order valence-electron chi connectivity index (χ1n) is 17.6. The Hall–Kier alpha value is -0.300. The molecule has 0 aromatic carbocycles. The quantitative estimate of drug-likeness (QED) is 0.0120. The second kappa shape index (κ2) is 26.8. The van der Waals surface area contributed by atoms with Gasteiger partial charge in [0.15, 0.2) is 0 Å². The van der Waals surface area contributed by atoms with Crippen LogP contribution in [0.3, 0.4) is 0 Å². The van der Waals surface area contributed by atoms with Gasteiger partial charge in [0.1, 0.15) is 6.10 Å². The summed E-state index contributed by atoms with van der Waals surface area (Å²) in [4.78, 5) is 0. The summed E-state index contributed by atoms with van der Waals surface area (Å²) >= 11 is 0. The van der Waals surface area contributed by atoms with Gasteiger partial charge in [0.25, 0.3) is 5.79 Å². The molecule has 0 aliphatic rings. The largest absolute Gasteiger partial charge is 1.00 e. The Labute approximate surface area is 429 Å². The fraction of sp³-hybridized carbons (Fsp3) is 1.00. The molecule has 0 aliphatic carbocycles. The molecule has 424 valence electrons. The average Bonchev–Trinajstić information content (AvgIpc) is 3.01. The van der Waals surface area contributed by atoms with E-state index in [2.05, 4.69) is 41.8 Å². The van der Waals surface area contributed by atoms with E-state index in [1.165, 1.54) is 0 Å². The van der Waals surface area contributed by atoms with Crippen LogP contribution in [0.25, 0.3) is 0 Å². The second-order valence-electron chi connectivity index (χ2n) is 13.1. The van der Waals surface area contributed by atoms with Crippen molar-refractivity contribution >= 4 is 104 Å². The van der Waals surface area contributed by atoms with Gasteiger partial charge in [-0.1, -0.05) is 90.4 Å². The summed E-state index contributed by atoms with van der Waals surface area (Å²) in [5.74, 6) is -30.0. The summed E-state index contributed by atoms with van der Waals surface area (Å²) in [6, 6.07) is 0. The summed E-state index contributed by atoms with van der Waals surface area (Å²) in [6.07, 6.45) is -2.34. The molecule has 0 saturated carbocycles. The van der Waals surface area contributed by atoms with Gasteiger partial charge in [0.05, 0.1) is 0 Å². The molecule has 71 heavy (non-hydrogen) atoms. The molecule has 0 radical (unpaired) electrons. The Bertz CT molecular complexity index is 2730. The van der Waals surface area contributed by atoms with Crippen molar-refractivity contribution in [3.8, 4) is 0 Å². The van der Waals surface area contributed by atoms with Gasteiger partial charge in [0, 0.05) is 0 Å². The van der Waals surface area contributed by atoms with Crippen LogP contribution in [-0.2, 0) is 146 Å². The number of unbranched alkanes of at least 4 members (excludes halogenated alkanes) is 12. The van der Waals surface area contributed by atoms with Crippen LogP contribution >= 0.6 is 0 Å². The van der Waals surface area contributed by atoms with Gasteiger partial charge in [-0.2, -0.15) is 113 Å². The van der Waals surface area contributed by atoms with E-state index in [0.29, 0.717) is 19.3 Å². The molecule has 0 spiro atoms. The minimum absolute atomic E-state index is 0. The van der Waals surface area contributed by atoms with Crippen molar-refractivity contribution in [2.45, 2.75) is 126 Å². The molecular weight excluding hydrogens is 1220 g/mol. The third kappa shape index (κ3) is 28.1. The molecular formula is C20H43NaO40S10. The van der Waals surface area contributed by atoms with Crippen LogP contribution in [0.5, 0.6) is 0 Å². The molecule has 10 N–H and O–H groups in total. The van der Waals surface area contributed by atoms with Gasteiger partial charge in [-0.25, -0.2) is 12.5 Å². The molecule has 0 amide bonds. The van der Waals surface area contributed by atoms with E-state index in [4.69, 9.17) is 0 Å². The number of rotatable bonds is 38. The van der Waals surface area contributed by atoms with E-state index in [-0.39, 0.29) is 43.8 Å². The molecule has 0 bridgehead atoms. The maximum absolute atomic E-state index is 12.7. The predicted molar refractivity (Wildman–Crippen MR) is 212 cm³/mol. The zero-order valence-corrected chi connectivity index (χ0v) is 45.4. The fourth-order valence-corrected chi connectivity index (χ4v) is 11.1. The Morgan fingerprint density at radius 1 is 0.324 bits per heavy atom. The Kier molecular flexibility index (Phi) is 27.5. The molecule has 1 atom stereocenters. The average molecular weight is 1270 g/mol. The zero-order chi connectivity index (χ0) is 55.5. The van der Waals surface area contributed by atoms with Gasteiger partial charge in [0.2, 0.25) is 0 Å². The van der Waals surface area contributed by atoms with Crippen molar-refractivity contribution in [1.82, 2.24) is 0 Å². The molecule has 0 saturated heterocycles. The van der Waals surface area contributed by atoms with Crippen molar-refractivity contribution in [3.63, 3.8) is 0 Å². The van der Waals surface area contributed by atoms with Crippen LogP contribution in [0.15, 0.2) is 0 Å². The predicted octanol–water partition coefficient (Wildman–Crippen LogP) is -5.11. The van der Waals surface area contributed by atoms with E-state index < -0.39 is 153 Å². The van der Waals surface area contributed by atoms with E-state index in [0.717, 1.165) is 38.5 Å². The molecule has 0 aliphatic heterocycles. The van der Waals surface area contributed by atoms with Crippen molar-refractivity contribution in [1.29, 1.82) is 0 Å². The molecule has 0 fully saturated rings. The fourth-order valence-electron chi connectivity index (χ4n) is 5.66. The molecule has 51 heteroatoms. The molecule has 40 nitrogen and oxygen atoms in total. The number of hydrogen-bond acceptors (Lipinski definition) is 30. The maximum Gasteiger partial charge on any atom is 1.00 e. The van der Waals surface area contributed by atoms with Gasteiger partial charge in [-0.3, -0.25) is 45.5 Å². The number of hydrogen-bond donors (Lipinski definition) is 10. The standard InChI is InChI=1S/C20H42O40S10.Na.H/c1-2-3-4-5-6-7-8-9-10-11-12-13-14-15-16(51-61(21,22)23)17(52-62(24,25)26,53-63(27,28)29)18(54-64(30,31)32,55-65(33,34)35)19(56-66(36,37)38,57-67(39,40)41)20(58-68(42,43)44,59-69(45,46)47)60-70(48,49)50;;/h16H,2-15H2,1H3,(H,21,22,23)(H,24,25,26)(H,27,28,29)(H,30,31,32)(H,33,34,35)(H,36,37,38)(H,39,40,41)(H,42,43,44)(H,45,46,47)(H,48,49,50);;/q;+1;-1. The smallest absolute Gasteiger partial charge is 1.00 e. The van der Waals surface area contributed by atoms with Crippen molar-refractivity contribution < 1.29 is 203 Å². The molecule has 0 heterocycles. The van der Waals surface area contributed by atoms with Crippen LogP contribution in [0.2, 0.25) is 0 Å². The molecule has 0 rings (SSSR count). The normalized spacial score (nSPS) is 15.3. The Balaban J connectivity index is -0.0000238. The zero-order valence-electron chi connectivity index (χ0n) is 36.3. The Morgan fingerprint density at radius 2 is 0.549 bits per heavy atom. The molecule has 0 aromatic heterocycles. The topological polar surface area (TPSA) is 636 Å². The maximum atomic E-state index is 12.7.